The summed E-state index contributed by atoms with van der Waals surface area (Å²) in [6, 6.07) is 3.61. The van der Waals surface area contributed by atoms with E-state index in [9.17, 15) is 4.39 Å². The highest BCUT2D eigenvalue weighted by Crippen LogP contribution is 2.55. The summed E-state index contributed by atoms with van der Waals surface area (Å²) in [4.78, 5) is 0. The van der Waals surface area contributed by atoms with E-state index in [1.165, 1.54) is 38.2 Å². The lowest BCUT2D eigenvalue weighted by Gasteiger charge is -2.54. The Bertz CT molecular complexity index is 562. The summed E-state index contributed by atoms with van der Waals surface area (Å²) in [5.74, 6) is -0.267. The average Bonchev–Trinajstić information content (AvgIpc) is 2.92. The van der Waals surface area contributed by atoms with Gasteiger partial charge in [-0.05, 0) is 43.2 Å². The van der Waals surface area contributed by atoms with E-state index in [0.29, 0.717) is 41.8 Å². The quantitative estimate of drug-likeness (QED) is 0.909. The maximum atomic E-state index is 14.1. The van der Waals surface area contributed by atoms with Gasteiger partial charge in [0.1, 0.15) is 5.82 Å². The molecule has 0 bridgehead atoms. The van der Waals surface area contributed by atoms with Crippen molar-refractivity contribution in [3.05, 3.63) is 34.1 Å². The maximum Gasteiger partial charge on any atom is 0.185 e. The molecule has 0 unspecified atom stereocenters. The Morgan fingerprint density at radius 3 is 2.59 bits per heavy atom. The molecule has 1 spiro atoms. The molecule has 1 aliphatic heterocycles. The number of nitrogens with one attached hydrogen (secondary N) is 1. The molecule has 3 fully saturated rings. The first-order valence-electron chi connectivity index (χ1n) is 8.10. The van der Waals surface area contributed by atoms with E-state index in [1.807, 2.05) is 0 Å². The summed E-state index contributed by atoms with van der Waals surface area (Å²) in [6.07, 6.45) is 6.09. The van der Waals surface area contributed by atoms with E-state index < -0.39 is 6.29 Å². The minimum atomic E-state index is -0.464. The standard InChI is InChI=1S/C17H21ClFNO2/c18-15-12(16-21-6-7-22-16)2-3-14(19)13(15)10-20-11-8-17(9-11)4-1-5-17/h2-3,11,16,20H,1,4-10H2. The number of halogens is 2. The van der Waals surface area contributed by atoms with Crippen LogP contribution in [-0.2, 0) is 16.0 Å². The van der Waals surface area contributed by atoms with E-state index in [2.05, 4.69) is 5.32 Å². The third-order valence-electron chi connectivity index (χ3n) is 5.43. The molecule has 1 aromatic rings. The topological polar surface area (TPSA) is 30.5 Å². The van der Waals surface area contributed by atoms with Crippen LogP contribution < -0.4 is 5.32 Å². The van der Waals surface area contributed by atoms with Gasteiger partial charge < -0.3 is 14.8 Å². The monoisotopic (exact) mass is 325 g/mol. The van der Waals surface area contributed by atoms with Gasteiger partial charge in [-0.3, -0.25) is 0 Å². The third kappa shape index (κ3) is 2.56. The smallest absolute Gasteiger partial charge is 0.185 e. The van der Waals surface area contributed by atoms with E-state index in [1.54, 1.807) is 6.07 Å². The van der Waals surface area contributed by atoms with Crippen LogP contribution in [0.4, 0.5) is 4.39 Å². The second kappa shape index (κ2) is 5.75. The predicted molar refractivity (Wildman–Crippen MR) is 82.2 cm³/mol. The van der Waals surface area contributed by atoms with Crippen molar-refractivity contribution in [3.8, 4) is 0 Å². The third-order valence-corrected chi connectivity index (χ3v) is 5.88. The molecule has 1 heterocycles. The van der Waals surface area contributed by atoms with Gasteiger partial charge in [0, 0.05) is 23.7 Å². The molecule has 1 saturated heterocycles. The van der Waals surface area contributed by atoms with Gasteiger partial charge in [0.2, 0.25) is 0 Å². The fourth-order valence-corrected chi connectivity index (χ4v) is 4.27. The molecule has 22 heavy (non-hydrogen) atoms. The number of hydrogen-bond acceptors (Lipinski definition) is 3. The van der Waals surface area contributed by atoms with Crippen LogP contribution in [0.3, 0.4) is 0 Å². The molecule has 120 valence electrons. The van der Waals surface area contributed by atoms with Crippen LogP contribution >= 0.6 is 11.6 Å². The Kier molecular flexibility index (Phi) is 3.89. The Balaban J connectivity index is 1.43. The fraction of sp³-hybridized carbons (Fsp3) is 0.647. The van der Waals surface area contributed by atoms with E-state index in [0.717, 1.165) is 5.56 Å². The van der Waals surface area contributed by atoms with Crippen molar-refractivity contribution in [3.63, 3.8) is 0 Å². The highest BCUT2D eigenvalue weighted by Gasteiger charge is 2.47. The van der Waals surface area contributed by atoms with Crippen molar-refractivity contribution in [2.24, 2.45) is 5.41 Å². The van der Waals surface area contributed by atoms with Gasteiger partial charge in [-0.25, -0.2) is 4.39 Å². The molecule has 2 saturated carbocycles. The van der Waals surface area contributed by atoms with Gasteiger partial charge >= 0.3 is 0 Å². The molecular weight excluding hydrogens is 305 g/mol. The Hall–Kier alpha value is -0.680. The lowest BCUT2D eigenvalue weighted by atomic mass is 9.54. The summed E-state index contributed by atoms with van der Waals surface area (Å²) in [7, 11) is 0. The molecule has 1 aromatic carbocycles. The highest BCUT2D eigenvalue weighted by atomic mass is 35.5. The fourth-order valence-electron chi connectivity index (χ4n) is 3.96. The molecular formula is C17H21ClFNO2. The molecule has 3 nitrogen and oxygen atoms in total. The molecule has 5 heteroatoms. The first kappa shape index (κ1) is 14.9. The Morgan fingerprint density at radius 2 is 1.95 bits per heavy atom. The van der Waals surface area contributed by atoms with Gasteiger partial charge in [-0.15, -0.1) is 0 Å². The number of ether oxygens (including phenoxy) is 2. The van der Waals surface area contributed by atoms with Crippen molar-refractivity contribution < 1.29 is 13.9 Å². The van der Waals surface area contributed by atoms with Crippen molar-refractivity contribution in [2.45, 2.75) is 51.0 Å². The molecule has 3 aliphatic rings. The number of hydrogen-bond donors (Lipinski definition) is 1. The second-order valence-corrected chi connectivity index (χ2v) is 7.22. The van der Waals surface area contributed by atoms with Crippen molar-refractivity contribution >= 4 is 11.6 Å². The molecule has 0 radical (unpaired) electrons. The molecule has 4 rings (SSSR count). The molecule has 0 atom stereocenters. The van der Waals surface area contributed by atoms with Gasteiger partial charge in [0.05, 0.1) is 18.2 Å². The Labute approximate surface area is 135 Å². The first-order valence-corrected chi connectivity index (χ1v) is 8.48. The minimum Gasteiger partial charge on any atom is -0.346 e. The van der Waals surface area contributed by atoms with Crippen LogP contribution in [-0.4, -0.2) is 19.3 Å². The average molecular weight is 326 g/mol. The van der Waals surface area contributed by atoms with Gasteiger partial charge in [-0.1, -0.05) is 18.0 Å². The molecule has 0 aromatic heterocycles. The summed E-state index contributed by atoms with van der Waals surface area (Å²) in [5.41, 5.74) is 1.86. The summed E-state index contributed by atoms with van der Waals surface area (Å²) in [5, 5.41) is 3.88. The molecule has 2 aliphatic carbocycles. The van der Waals surface area contributed by atoms with Crippen LogP contribution in [0.2, 0.25) is 5.02 Å². The van der Waals surface area contributed by atoms with Crippen LogP contribution in [0.5, 0.6) is 0 Å². The normalized spacial score (nSPS) is 24.5. The van der Waals surface area contributed by atoms with Crippen LogP contribution in [0.15, 0.2) is 12.1 Å². The maximum absolute atomic E-state index is 14.1. The lowest BCUT2D eigenvalue weighted by Crippen LogP contribution is -2.51. The minimum absolute atomic E-state index is 0.267. The number of rotatable bonds is 4. The zero-order chi connectivity index (χ0) is 15.2. The van der Waals surface area contributed by atoms with E-state index >= 15 is 0 Å². The predicted octanol–water partition coefficient (Wildman–Crippen LogP) is 3.95. The largest absolute Gasteiger partial charge is 0.346 e. The first-order chi connectivity index (χ1) is 10.7. The van der Waals surface area contributed by atoms with Crippen LogP contribution in [0.1, 0.15) is 49.5 Å². The summed E-state index contributed by atoms with van der Waals surface area (Å²) >= 11 is 6.39. The number of benzene rings is 1. The summed E-state index contributed by atoms with van der Waals surface area (Å²) < 4.78 is 25.1. The molecule has 1 N–H and O–H groups in total. The van der Waals surface area contributed by atoms with Crippen LogP contribution in [0, 0.1) is 11.2 Å². The van der Waals surface area contributed by atoms with E-state index in [-0.39, 0.29) is 5.82 Å². The highest BCUT2D eigenvalue weighted by molar-refractivity contribution is 6.32. The second-order valence-electron chi connectivity index (χ2n) is 6.84. The molecule has 0 amide bonds. The lowest BCUT2D eigenvalue weighted by molar-refractivity contribution is -0.0441. The van der Waals surface area contributed by atoms with Crippen molar-refractivity contribution in [2.75, 3.05) is 13.2 Å². The van der Waals surface area contributed by atoms with Crippen molar-refractivity contribution in [1.82, 2.24) is 5.32 Å². The van der Waals surface area contributed by atoms with Gasteiger partial charge in [0.25, 0.3) is 0 Å². The summed E-state index contributed by atoms with van der Waals surface area (Å²) in [6.45, 7) is 1.57. The zero-order valence-corrected chi connectivity index (χ0v) is 13.3. The van der Waals surface area contributed by atoms with Crippen LogP contribution in [0.25, 0.3) is 0 Å². The van der Waals surface area contributed by atoms with Crippen molar-refractivity contribution in [1.29, 1.82) is 0 Å². The Morgan fingerprint density at radius 1 is 1.23 bits per heavy atom. The van der Waals surface area contributed by atoms with Gasteiger partial charge in [-0.2, -0.15) is 0 Å². The SMILES string of the molecule is Fc1ccc(C2OCCO2)c(Cl)c1CNC1CC2(CCC2)C1. The van der Waals surface area contributed by atoms with E-state index in [4.69, 9.17) is 21.1 Å². The van der Waals surface area contributed by atoms with Gasteiger partial charge in [0.15, 0.2) is 6.29 Å². The zero-order valence-electron chi connectivity index (χ0n) is 12.5.